The van der Waals surface area contributed by atoms with Crippen LogP contribution in [0, 0.1) is 5.92 Å². The number of hydrogen-bond donors (Lipinski definition) is 0. The van der Waals surface area contributed by atoms with Gasteiger partial charge in [0.2, 0.25) is 5.89 Å². The van der Waals surface area contributed by atoms with Crippen molar-refractivity contribution in [2.75, 3.05) is 13.1 Å². The third-order valence-electron chi connectivity index (χ3n) is 4.67. The molecular formula is C20H21ClN2O. The standard InChI is InChI=1S/C20H21ClN2O/c1-14-4-3-9-23(12-14)13-15-7-8-19-18(10-15)22-20(24-19)16-5-2-6-17(21)11-16/h2,5-8,10-11,14H,3-4,9,12-13H2,1H3. The van der Waals surface area contributed by atoms with Crippen molar-refractivity contribution in [2.45, 2.75) is 26.3 Å². The molecule has 3 nitrogen and oxygen atoms in total. The van der Waals surface area contributed by atoms with Gasteiger partial charge in [-0.25, -0.2) is 4.98 Å². The molecule has 1 aliphatic heterocycles. The van der Waals surface area contributed by atoms with Crippen molar-refractivity contribution in [1.29, 1.82) is 0 Å². The Labute approximate surface area is 147 Å². The minimum absolute atomic E-state index is 0.622. The molecular weight excluding hydrogens is 320 g/mol. The van der Waals surface area contributed by atoms with Gasteiger partial charge >= 0.3 is 0 Å². The number of nitrogens with zero attached hydrogens (tertiary/aromatic N) is 2. The van der Waals surface area contributed by atoms with Crippen LogP contribution in [0.4, 0.5) is 0 Å². The summed E-state index contributed by atoms with van der Waals surface area (Å²) in [7, 11) is 0. The molecule has 1 aromatic heterocycles. The molecule has 2 aromatic carbocycles. The number of benzene rings is 2. The Morgan fingerprint density at radius 2 is 2.17 bits per heavy atom. The lowest BCUT2D eigenvalue weighted by atomic mass is 10.00. The van der Waals surface area contributed by atoms with Gasteiger partial charge in [-0.3, -0.25) is 4.90 Å². The van der Waals surface area contributed by atoms with E-state index in [9.17, 15) is 0 Å². The van der Waals surface area contributed by atoms with Crippen LogP contribution in [0.5, 0.6) is 0 Å². The summed E-state index contributed by atoms with van der Waals surface area (Å²) in [5, 5.41) is 0.690. The van der Waals surface area contributed by atoms with Crippen LogP contribution < -0.4 is 0 Å². The average Bonchev–Trinajstić information content (AvgIpc) is 2.98. The Morgan fingerprint density at radius 3 is 3.00 bits per heavy atom. The lowest BCUT2D eigenvalue weighted by Crippen LogP contribution is -2.33. The molecule has 0 amide bonds. The van der Waals surface area contributed by atoms with Crippen molar-refractivity contribution in [2.24, 2.45) is 5.92 Å². The summed E-state index contributed by atoms with van der Waals surface area (Å²) >= 11 is 6.06. The van der Waals surface area contributed by atoms with E-state index in [1.54, 1.807) is 0 Å². The van der Waals surface area contributed by atoms with Crippen LogP contribution >= 0.6 is 11.6 Å². The first-order chi connectivity index (χ1) is 11.7. The lowest BCUT2D eigenvalue weighted by Gasteiger charge is -2.30. The van der Waals surface area contributed by atoms with Gasteiger partial charge in [-0.1, -0.05) is 30.7 Å². The third-order valence-corrected chi connectivity index (χ3v) is 4.91. The van der Waals surface area contributed by atoms with Gasteiger partial charge in [0, 0.05) is 23.7 Å². The Morgan fingerprint density at radius 1 is 1.25 bits per heavy atom. The second-order valence-corrected chi connectivity index (χ2v) is 7.25. The molecule has 1 unspecified atom stereocenters. The van der Waals surface area contributed by atoms with Gasteiger partial charge in [0.1, 0.15) is 5.52 Å². The Balaban J connectivity index is 1.59. The molecule has 1 aliphatic rings. The number of halogens is 1. The number of hydrogen-bond acceptors (Lipinski definition) is 3. The number of oxazole rings is 1. The van der Waals surface area contributed by atoms with E-state index in [4.69, 9.17) is 16.0 Å². The highest BCUT2D eigenvalue weighted by atomic mass is 35.5. The van der Waals surface area contributed by atoms with E-state index in [1.807, 2.05) is 30.3 Å². The average molecular weight is 341 g/mol. The molecule has 1 fully saturated rings. The van der Waals surface area contributed by atoms with E-state index < -0.39 is 0 Å². The second-order valence-electron chi connectivity index (χ2n) is 6.81. The summed E-state index contributed by atoms with van der Waals surface area (Å²) < 4.78 is 5.89. The smallest absolute Gasteiger partial charge is 0.227 e. The lowest BCUT2D eigenvalue weighted by molar-refractivity contribution is 0.176. The van der Waals surface area contributed by atoms with Crippen molar-refractivity contribution in [3.8, 4) is 11.5 Å². The number of likely N-dealkylation sites (tertiary alicyclic amines) is 1. The van der Waals surface area contributed by atoms with Crippen LogP contribution in [0.1, 0.15) is 25.3 Å². The summed E-state index contributed by atoms with van der Waals surface area (Å²) in [6.45, 7) is 5.70. The molecule has 24 heavy (non-hydrogen) atoms. The van der Waals surface area contributed by atoms with Crippen molar-refractivity contribution in [3.05, 3.63) is 53.1 Å². The first-order valence-electron chi connectivity index (χ1n) is 8.55. The highest BCUT2D eigenvalue weighted by Crippen LogP contribution is 2.27. The maximum absolute atomic E-state index is 6.06. The van der Waals surface area contributed by atoms with Gasteiger partial charge in [0.05, 0.1) is 0 Å². The minimum atomic E-state index is 0.622. The fourth-order valence-corrected chi connectivity index (χ4v) is 3.70. The first kappa shape index (κ1) is 15.7. The van der Waals surface area contributed by atoms with Gasteiger partial charge in [-0.2, -0.15) is 0 Å². The normalized spacial score (nSPS) is 19.0. The zero-order chi connectivity index (χ0) is 16.5. The van der Waals surface area contributed by atoms with E-state index in [0.717, 1.165) is 29.1 Å². The summed E-state index contributed by atoms with van der Waals surface area (Å²) in [5.74, 6) is 1.42. The van der Waals surface area contributed by atoms with Gasteiger partial charge in [-0.05, 0) is 61.2 Å². The molecule has 2 heterocycles. The molecule has 0 spiro atoms. The fourth-order valence-electron chi connectivity index (χ4n) is 3.50. The van der Waals surface area contributed by atoms with Crippen molar-refractivity contribution in [1.82, 2.24) is 9.88 Å². The zero-order valence-corrected chi connectivity index (χ0v) is 14.6. The molecule has 4 heteroatoms. The van der Waals surface area contributed by atoms with Crippen LogP contribution in [0.25, 0.3) is 22.6 Å². The van der Waals surface area contributed by atoms with Crippen LogP contribution in [0.2, 0.25) is 5.02 Å². The highest BCUT2D eigenvalue weighted by Gasteiger charge is 2.17. The predicted molar refractivity (Wildman–Crippen MR) is 98.1 cm³/mol. The molecule has 0 saturated carbocycles. The summed E-state index contributed by atoms with van der Waals surface area (Å²) in [6, 6.07) is 13.9. The summed E-state index contributed by atoms with van der Waals surface area (Å²) in [6.07, 6.45) is 2.65. The Bertz CT molecular complexity index is 858. The molecule has 1 saturated heterocycles. The molecule has 0 radical (unpaired) electrons. The van der Waals surface area contributed by atoms with E-state index in [0.29, 0.717) is 10.9 Å². The van der Waals surface area contributed by atoms with E-state index >= 15 is 0 Å². The van der Waals surface area contributed by atoms with Crippen LogP contribution in [0.3, 0.4) is 0 Å². The largest absolute Gasteiger partial charge is 0.436 e. The molecule has 0 N–H and O–H groups in total. The third kappa shape index (κ3) is 3.33. The Kier molecular flexibility index (Phi) is 4.30. The van der Waals surface area contributed by atoms with Crippen LogP contribution in [0.15, 0.2) is 46.9 Å². The molecule has 0 bridgehead atoms. The van der Waals surface area contributed by atoms with Gasteiger partial charge in [0.25, 0.3) is 0 Å². The fraction of sp³-hybridized carbons (Fsp3) is 0.350. The van der Waals surface area contributed by atoms with Crippen LogP contribution in [-0.4, -0.2) is 23.0 Å². The maximum Gasteiger partial charge on any atom is 0.227 e. The molecule has 3 aromatic rings. The first-order valence-corrected chi connectivity index (χ1v) is 8.93. The van der Waals surface area contributed by atoms with Gasteiger partial charge < -0.3 is 4.42 Å². The summed E-state index contributed by atoms with van der Waals surface area (Å²) in [4.78, 5) is 7.18. The minimum Gasteiger partial charge on any atom is -0.436 e. The van der Waals surface area contributed by atoms with Crippen molar-refractivity contribution in [3.63, 3.8) is 0 Å². The van der Waals surface area contributed by atoms with E-state index in [2.05, 4.69) is 28.9 Å². The van der Waals surface area contributed by atoms with Crippen molar-refractivity contribution < 1.29 is 4.42 Å². The van der Waals surface area contributed by atoms with Crippen molar-refractivity contribution >= 4 is 22.7 Å². The molecule has 0 aliphatic carbocycles. The second kappa shape index (κ2) is 6.58. The zero-order valence-electron chi connectivity index (χ0n) is 13.8. The van der Waals surface area contributed by atoms with Gasteiger partial charge in [-0.15, -0.1) is 0 Å². The predicted octanol–water partition coefficient (Wildman–Crippen LogP) is 5.38. The van der Waals surface area contributed by atoms with E-state index in [-0.39, 0.29) is 0 Å². The van der Waals surface area contributed by atoms with E-state index in [1.165, 1.54) is 31.5 Å². The highest BCUT2D eigenvalue weighted by molar-refractivity contribution is 6.30. The number of rotatable bonds is 3. The number of fused-ring (bicyclic) bond motifs is 1. The SMILES string of the molecule is CC1CCCN(Cc2ccc3oc(-c4cccc(Cl)c4)nc3c2)C1. The number of aromatic nitrogens is 1. The van der Waals surface area contributed by atoms with Crippen LogP contribution in [-0.2, 0) is 6.54 Å². The molecule has 1 atom stereocenters. The molecule has 124 valence electrons. The summed E-state index contributed by atoms with van der Waals surface area (Å²) in [5.41, 5.74) is 3.93. The maximum atomic E-state index is 6.06. The topological polar surface area (TPSA) is 29.3 Å². The quantitative estimate of drug-likeness (QED) is 0.641. The monoisotopic (exact) mass is 340 g/mol. The Hall–Kier alpha value is -1.84. The number of piperidine rings is 1. The van der Waals surface area contributed by atoms with Gasteiger partial charge in [0.15, 0.2) is 5.58 Å². The molecule has 4 rings (SSSR count).